The lowest BCUT2D eigenvalue weighted by atomic mass is 10.5. The third-order valence-corrected chi connectivity index (χ3v) is 0.974. The highest BCUT2D eigenvalue weighted by Gasteiger charge is 1.69. The molecule has 0 aliphatic rings. The Labute approximate surface area is 46.8 Å². The van der Waals surface area contributed by atoms with Gasteiger partial charge in [0, 0.05) is 0 Å². The number of hydrogen-bond donors (Lipinski definition) is 0. The molecule has 0 aliphatic heterocycles. The van der Waals surface area contributed by atoms with Crippen molar-refractivity contribution < 1.29 is 0 Å². The molecule has 38 valence electrons. The Hall–Kier alpha value is -0.350. The molecular formula is C6H9P. The minimum atomic E-state index is 1.06. The van der Waals surface area contributed by atoms with Crippen molar-refractivity contribution in [2.24, 2.45) is 0 Å². The van der Waals surface area contributed by atoms with Gasteiger partial charge in [-0.15, -0.1) is 9.24 Å². The lowest BCUT2D eigenvalue weighted by molar-refractivity contribution is 1.92. The van der Waals surface area contributed by atoms with Crippen LogP contribution in [-0.4, -0.2) is 0 Å². The molecule has 0 spiro atoms. The zero-order valence-electron chi connectivity index (χ0n) is 4.22. The molecule has 0 saturated heterocycles. The van der Waals surface area contributed by atoms with Gasteiger partial charge in [0.1, 0.15) is 0 Å². The van der Waals surface area contributed by atoms with Crippen LogP contribution in [-0.2, 0) is 0 Å². The molecule has 7 heavy (non-hydrogen) atoms. The van der Waals surface area contributed by atoms with Gasteiger partial charge in [0.05, 0.1) is 0 Å². The first-order chi connectivity index (χ1) is 3.31. The summed E-state index contributed by atoms with van der Waals surface area (Å²) >= 11 is 0. The van der Waals surface area contributed by atoms with Gasteiger partial charge in [-0.2, -0.15) is 0 Å². The quantitative estimate of drug-likeness (QED) is 0.379. The van der Waals surface area contributed by atoms with E-state index in [0.717, 1.165) is 5.31 Å². The van der Waals surface area contributed by atoms with Crippen molar-refractivity contribution in [3.63, 3.8) is 0 Å². The van der Waals surface area contributed by atoms with Crippen molar-refractivity contribution in [1.82, 2.24) is 0 Å². The molecule has 0 bridgehead atoms. The summed E-state index contributed by atoms with van der Waals surface area (Å²) in [5.41, 5.74) is 0. The van der Waals surface area contributed by atoms with E-state index < -0.39 is 0 Å². The molecule has 0 amide bonds. The predicted molar refractivity (Wildman–Crippen MR) is 38.2 cm³/mol. The van der Waals surface area contributed by atoms with Crippen molar-refractivity contribution >= 4 is 9.24 Å². The zero-order valence-corrected chi connectivity index (χ0v) is 5.38. The van der Waals surface area contributed by atoms with Crippen LogP contribution < -0.4 is 0 Å². The van der Waals surface area contributed by atoms with Crippen molar-refractivity contribution in [1.29, 1.82) is 0 Å². The van der Waals surface area contributed by atoms with Crippen LogP contribution in [0.2, 0.25) is 0 Å². The van der Waals surface area contributed by atoms with E-state index in [0.29, 0.717) is 0 Å². The van der Waals surface area contributed by atoms with Crippen LogP contribution in [0.25, 0.3) is 0 Å². The summed E-state index contributed by atoms with van der Waals surface area (Å²) < 4.78 is 0. The van der Waals surface area contributed by atoms with Gasteiger partial charge in [0.2, 0.25) is 0 Å². The second-order valence-corrected chi connectivity index (χ2v) is 1.77. The van der Waals surface area contributed by atoms with Gasteiger partial charge in [-0.1, -0.05) is 31.4 Å². The van der Waals surface area contributed by atoms with E-state index in [-0.39, 0.29) is 0 Å². The van der Waals surface area contributed by atoms with E-state index in [1.54, 1.807) is 12.2 Å². The Morgan fingerprint density at radius 3 is 2.14 bits per heavy atom. The molecule has 0 aromatic rings. The van der Waals surface area contributed by atoms with E-state index in [2.05, 4.69) is 22.4 Å². The molecule has 0 saturated carbocycles. The predicted octanol–water partition coefficient (Wildman–Crippen LogP) is 2.12. The first-order valence-electron chi connectivity index (χ1n) is 2.02. The van der Waals surface area contributed by atoms with Crippen LogP contribution in [0, 0.1) is 0 Å². The average molecular weight is 112 g/mol. The third kappa shape index (κ3) is 3.48. The summed E-state index contributed by atoms with van der Waals surface area (Å²) in [6.45, 7) is 7.05. The van der Waals surface area contributed by atoms with Gasteiger partial charge < -0.3 is 0 Å². The van der Waals surface area contributed by atoms with Gasteiger partial charge >= 0.3 is 0 Å². The largest absolute Gasteiger partial charge is 0.106 e. The summed E-state index contributed by atoms with van der Waals surface area (Å²) in [6, 6.07) is 0. The molecule has 0 rings (SSSR count). The molecule has 0 nitrogen and oxygen atoms in total. The van der Waals surface area contributed by atoms with Crippen LogP contribution in [0.15, 0.2) is 36.7 Å². The summed E-state index contributed by atoms with van der Waals surface area (Å²) in [6.07, 6.45) is 5.36. The molecule has 0 aromatic heterocycles. The van der Waals surface area contributed by atoms with E-state index in [4.69, 9.17) is 0 Å². The van der Waals surface area contributed by atoms with Crippen LogP contribution in [0.4, 0.5) is 0 Å². The topological polar surface area (TPSA) is 0 Å². The maximum atomic E-state index is 3.54. The molecule has 0 heterocycles. The molecule has 0 aliphatic carbocycles. The summed E-state index contributed by atoms with van der Waals surface area (Å²) in [5.74, 6) is 0. The molecule has 1 heteroatoms. The van der Waals surface area contributed by atoms with Gasteiger partial charge in [0.25, 0.3) is 0 Å². The van der Waals surface area contributed by atoms with Crippen LogP contribution >= 0.6 is 9.24 Å². The molecule has 0 radical (unpaired) electrons. The monoisotopic (exact) mass is 112 g/mol. The van der Waals surface area contributed by atoms with Crippen molar-refractivity contribution in [3.8, 4) is 0 Å². The second kappa shape index (κ2) is 3.83. The lowest BCUT2D eigenvalue weighted by Crippen LogP contribution is -1.52. The van der Waals surface area contributed by atoms with Crippen LogP contribution in [0.5, 0.6) is 0 Å². The maximum Gasteiger partial charge on any atom is -0.0309 e. The smallest absolute Gasteiger partial charge is 0.0309 e. The van der Waals surface area contributed by atoms with Gasteiger partial charge in [-0.05, 0) is 5.31 Å². The van der Waals surface area contributed by atoms with Crippen molar-refractivity contribution in [3.05, 3.63) is 36.7 Å². The molecule has 1 atom stereocenters. The second-order valence-electron chi connectivity index (χ2n) is 1.11. The maximum absolute atomic E-state index is 3.54. The van der Waals surface area contributed by atoms with Crippen molar-refractivity contribution in [2.45, 2.75) is 0 Å². The van der Waals surface area contributed by atoms with E-state index in [9.17, 15) is 0 Å². The van der Waals surface area contributed by atoms with E-state index >= 15 is 0 Å². The fraction of sp³-hybridized carbons (Fsp3) is 0. The Kier molecular flexibility index (Phi) is 3.64. The molecule has 0 N–H and O–H groups in total. The molecular weight excluding hydrogens is 103 g/mol. The fourth-order valence-electron chi connectivity index (χ4n) is 0.204. The number of rotatable bonds is 2. The normalized spacial score (nSPS) is 10.7. The van der Waals surface area contributed by atoms with Gasteiger partial charge in [-0.25, -0.2) is 0 Å². The summed E-state index contributed by atoms with van der Waals surface area (Å²) in [7, 11) is 2.53. The van der Waals surface area contributed by atoms with Crippen LogP contribution in [0.3, 0.4) is 0 Å². The highest BCUT2D eigenvalue weighted by Crippen LogP contribution is 2.03. The van der Waals surface area contributed by atoms with Gasteiger partial charge in [-0.3, -0.25) is 0 Å². The van der Waals surface area contributed by atoms with Crippen LogP contribution in [0.1, 0.15) is 0 Å². The highest BCUT2D eigenvalue weighted by atomic mass is 31.0. The fourth-order valence-corrected chi connectivity index (χ4v) is 0.340. The Morgan fingerprint density at radius 2 is 2.00 bits per heavy atom. The van der Waals surface area contributed by atoms with E-state index in [1.807, 2.05) is 6.08 Å². The summed E-state index contributed by atoms with van der Waals surface area (Å²) in [5, 5.41) is 1.06. The summed E-state index contributed by atoms with van der Waals surface area (Å²) in [4.78, 5) is 0. The average Bonchev–Trinajstić information content (AvgIpc) is 1.68. The molecule has 1 unspecified atom stereocenters. The first-order valence-corrected chi connectivity index (χ1v) is 2.59. The molecule has 0 aromatic carbocycles. The Morgan fingerprint density at radius 1 is 1.43 bits per heavy atom. The standard InChI is InChI=1S/C6H9P/c1-3-5-6(7)4-2/h3-5H,1-2,7H2/b6-5+. The Balaban J connectivity index is 3.72. The number of hydrogen-bond acceptors (Lipinski definition) is 0. The zero-order chi connectivity index (χ0) is 5.70. The van der Waals surface area contributed by atoms with E-state index in [1.165, 1.54) is 0 Å². The van der Waals surface area contributed by atoms with Crippen molar-refractivity contribution in [2.75, 3.05) is 0 Å². The highest BCUT2D eigenvalue weighted by molar-refractivity contribution is 7.22. The van der Waals surface area contributed by atoms with Gasteiger partial charge in [0.15, 0.2) is 0 Å². The number of allylic oxidation sites excluding steroid dienone is 4. The third-order valence-electron chi connectivity index (χ3n) is 0.546. The Bertz CT molecular complexity index is 101. The SMILES string of the molecule is C=C/C=C(/P)C=C. The minimum Gasteiger partial charge on any atom is -0.106 e. The first kappa shape index (κ1) is 6.65. The molecule has 0 fully saturated rings. The lowest BCUT2D eigenvalue weighted by Gasteiger charge is -1.80. The minimum absolute atomic E-state index is 1.06.